The highest BCUT2D eigenvalue weighted by Crippen LogP contribution is 2.27. The first-order valence-corrected chi connectivity index (χ1v) is 9.99. The second-order valence-corrected chi connectivity index (χ2v) is 7.69. The van der Waals surface area contributed by atoms with Crippen LogP contribution in [0.1, 0.15) is 28.4 Å². The molecule has 0 atom stereocenters. The van der Waals surface area contributed by atoms with Gasteiger partial charge in [0.15, 0.2) is 5.16 Å². The van der Waals surface area contributed by atoms with E-state index in [-0.39, 0.29) is 12.2 Å². The van der Waals surface area contributed by atoms with E-state index in [1.54, 1.807) is 12.1 Å². The first-order chi connectivity index (χ1) is 13.5. The van der Waals surface area contributed by atoms with Gasteiger partial charge in [-0.1, -0.05) is 30.3 Å². The van der Waals surface area contributed by atoms with Crippen molar-refractivity contribution in [2.45, 2.75) is 31.7 Å². The van der Waals surface area contributed by atoms with Gasteiger partial charge in [0.2, 0.25) is 0 Å². The lowest BCUT2D eigenvalue weighted by molar-refractivity contribution is 0.0470. The normalized spacial score (nSPS) is 12.9. The average molecular weight is 419 g/mol. The molecule has 0 amide bonds. The molecular weight excluding hydrogens is 404 g/mol. The lowest BCUT2D eigenvalue weighted by Gasteiger charge is -2.10. The summed E-state index contributed by atoms with van der Waals surface area (Å²) in [6.07, 6.45) is 1.92. The van der Waals surface area contributed by atoms with Gasteiger partial charge in [0.05, 0.1) is 6.20 Å². The Hall–Kier alpha value is -2.58. The van der Waals surface area contributed by atoms with E-state index in [1.165, 1.54) is 28.6 Å². The number of hydrogen-bond acceptors (Lipinski definition) is 7. The van der Waals surface area contributed by atoms with Gasteiger partial charge < -0.3 is 9.15 Å². The maximum Gasteiger partial charge on any atom is 0.345 e. The van der Waals surface area contributed by atoms with Crippen LogP contribution in [0, 0.1) is 0 Å². The van der Waals surface area contributed by atoms with Crippen molar-refractivity contribution in [3.8, 4) is 0 Å². The van der Waals surface area contributed by atoms with E-state index < -0.39 is 17.2 Å². The van der Waals surface area contributed by atoms with Gasteiger partial charge in [-0.3, -0.25) is 9.36 Å². The van der Waals surface area contributed by atoms with Crippen LogP contribution in [0.25, 0.3) is 11.0 Å². The van der Waals surface area contributed by atoms with Gasteiger partial charge in [-0.2, -0.15) is 0 Å². The maximum absolute atomic E-state index is 12.4. The van der Waals surface area contributed by atoms with E-state index in [2.05, 4.69) is 4.98 Å². The molecule has 0 fully saturated rings. The second-order valence-electron chi connectivity index (χ2n) is 6.22. The summed E-state index contributed by atoms with van der Waals surface area (Å²) in [7, 11) is 0. The van der Waals surface area contributed by atoms with Crippen LogP contribution >= 0.6 is 23.4 Å². The number of benzene rings is 1. The van der Waals surface area contributed by atoms with Gasteiger partial charge in [-0.05, 0) is 24.1 Å². The number of aryl methyl sites for hydroxylation is 1. The molecule has 1 aromatic carbocycles. The van der Waals surface area contributed by atoms with Crippen molar-refractivity contribution in [2.24, 2.45) is 0 Å². The van der Waals surface area contributed by atoms with Crippen molar-refractivity contribution in [3.05, 3.63) is 66.9 Å². The third kappa shape index (κ3) is 3.33. The van der Waals surface area contributed by atoms with E-state index in [0.29, 0.717) is 39.7 Å². The number of carbonyl (C=O) groups excluding carboxylic acids is 1. The molecular formula is C19H15ClN2O5S. The summed E-state index contributed by atoms with van der Waals surface area (Å²) in [5, 5.41) is 1.71. The van der Waals surface area contributed by atoms with Crippen LogP contribution < -0.4 is 11.2 Å². The molecule has 28 heavy (non-hydrogen) atoms. The fraction of sp³-hybridized carbons (Fsp3) is 0.263. The number of halogens is 1. The molecule has 0 spiro atoms. The van der Waals surface area contributed by atoms with Crippen LogP contribution in [0.3, 0.4) is 0 Å². The minimum atomic E-state index is -0.789. The van der Waals surface area contributed by atoms with Crippen molar-refractivity contribution in [2.75, 3.05) is 5.75 Å². The van der Waals surface area contributed by atoms with Crippen molar-refractivity contribution in [3.63, 3.8) is 0 Å². The van der Waals surface area contributed by atoms with Crippen molar-refractivity contribution in [1.82, 2.24) is 9.55 Å². The Bertz CT molecular complexity index is 1220. The first kappa shape index (κ1) is 18.8. The molecule has 0 radical (unpaired) electrons. The zero-order chi connectivity index (χ0) is 19.8. The second kappa shape index (κ2) is 7.44. The van der Waals surface area contributed by atoms with E-state index >= 15 is 0 Å². The molecule has 0 N–H and O–H groups in total. The summed E-state index contributed by atoms with van der Waals surface area (Å²) >= 11 is 7.73. The number of rotatable bonds is 4. The van der Waals surface area contributed by atoms with Gasteiger partial charge in [0.25, 0.3) is 5.56 Å². The molecule has 1 aliphatic heterocycles. The summed E-state index contributed by atoms with van der Waals surface area (Å²) < 4.78 is 12.0. The Labute approximate surface area is 168 Å². The van der Waals surface area contributed by atoms with E-state index in [9.17, 15) is 14.4 Å². The van der Waals surface area contributed by atoms with Crippen LogP contribution in [0.2, 0.25) is 5.02 Å². The number of esters is 1. The Morgan fingerprint density at radius 1 is 1.32 bits per heavy atom. The Balaban J connectivity index is 1.64. The monoisotopic (exact) mass is 418 g/mol. The van der Waals surface area contributed by atoms with Crippen molar-refractivity contribution < 1.29 is 13.9 Å². The smallest absolute Gasteiger partial charge is 0.345 e. The highest BCUT2D eigenvalue weighted by Gasteiger charge is 2.21. The molecule has 1 aliphatic rings. The minimum absolute atomic E-state index is 0.134. The molecule has 0 unspecified atom stereocenters. The molecule has 4 rings (SSSR count). The van der Waals surface area contributed by atoms with Gasteiger partial charge in [-0.15, -0.1) is 0 Å². The summed E-state index contributed by atoms with van der Waals surface area (Å²) in [5.74, 6) is -0.0464. The third-order valence-electron chi connectivity index (χ3n) is 4.51. The highest BCUT2D eigenvalue weighted by molar-refractivity contribution is 7.99. The summed E-state index contributed by atoms with van der Waals surface area (Å²) in [4.78, 5) is 40.9. The lowest BCUT2D eigenvalue weighted by Crippen LogP contribution is -2.27. The highest BCUT2D eigenvalue weighted by atomic mass is 35.5. The number of aromatic nitrogens is 2. The number of carbonyl (C=O) groups is 1. The predicted molar refractivity (Wildman–Crippen MR) is 105 cm³/mol. The molecule has 3 heterocycles. The minimum Gasteiger partial charge on any atom is -0.457 e. The molecule has 144 valence electrons. The molecule has 2 aromatic heterocycles. The summed E-state index contributed by atoms with van der Waals surface area (Å²) in [6.45, 7) is 2.26. The number of fused-ring (bicyclic) bond motifs is 2. The van der Waals surface area contributed by atoms with E-state index in [1.807, 2.05) is 6.92 Å². The largest absolute Gasteiger partial charge is 0.457 e. The SMILES string of the molecule is CCc1cc2oc(=O)cc(COC(=O)c3cnc4n(c3=O)CCS4)c2cc1Cl. The fourth-order valence-electron chi connectivity index (χ4n) is 3.06. The molecule has 0 saturated carbocycles. The Kier molecular flexibility index (Phi) is 4.99. The van der Waals surface area contributed by atoms with Crippen LogP contribution in [0.5, 0.6) is 0 Å². The van der Waals surface area contributed by atoms with Gasteiger partial charge >= 0.3 is 11.6 Å². The van der Waals surface area contributed by atoms with Gasteiger partial charge in [0, 0.05) is 34.3 Å². The number of hydrogen-bond donors (Lipinski definition) is 0. The fourth-order valence-corrected chi connectivity index (χ4v) is 4.27. The Morgan fingerprint density at radius 2 is 2.14 bits per heavy atom. The van der Waals surface area contributed by atoms with Crippen LogP contribution in [-0.4, -0.2) is 21.3 Å². The molecule has 3 aromatic rings. The zero-order valence-electron chi connectivity index (χ0n) is 14.9. The maximum atomic E-state index is 12.4. The molecule has 7 nitrogen and oxygen atoms in total. The molecule has 9 heteroatoms. The zero-order valence-corrected chi connectivity index (χ0v) is 16.4. The van der Waals surface area contributed by atoms with E-state index in [0.717, 1.165) is 11.3 Å². The number of nitrogens with zero attached hydrogens (tertiary/aromatic N) is 2. The van der Waals surface area contributed by atoms with Crippen LogP contribution in [0.15, 0.2) is 43.6 Å². The third-order valence-corrected chi connectivity index (χ3v) is 5.84. The number of thioether (sulfide) groups is 1. The summed E-state index contributed by atoms with van der Waals surface area (Å²) in [5.41, 5.74) is 0.559. The molecule has 0 saturated heterocycles. The van der Waals surface area contributed by atoms with Crippen molar-refractivity contribution >= 4 is 40.3 Å². The van der Waals surface area contributed by atoms with Crippen LogP contribution in [0.4, 0.5) is 0 Å². The standard InChI is InChI=1S/C19H15ClN2O5S/c1-2-10-5-15-12(7-14(10)20)11(6-16(23)27-15)9-26-18(25)13-8-21-19-22(17(13)24)3-4-28-19/h5-8H,2-4,9H2,1H3. The van der Waals surface area contributed by atoms with Crippen LogP contribution in [-0.2, 0) is 24.3 Å². The topological polar surface area (TPSA) is 91.4 Å². The molecule has 0 aliphatic carbocycles. The average Bonchev–Trinajstić information content (AvgIpc) is 3.16. The predicted octanol–water partition coefficient (Wildman–Crippen LogP) is 3.03. The summed E-state index contributed by atoms with van der Waals surface area (Å²) in [6, 6.07) is 4.64. The quantitative estimate of drug-likeness (QED) is 0.365. The van der Waals surface area contributed by atoms with E-state index in [4.69, 9.17) is 20.8 Å². The van der Waals surface area contributed by atoms with Gasteiger partial charge in [-0.25, -0.2) is 14.6 Å². The van der Waals surface area contributed by atoms with Gasteiger partial charge in [0.1, 0.15) is 17.8 Å². The molecule has 0 bridgehead atoms. The lowest BCUT2D eigenvalue weighted by atomic mass is 10.1. The van der Waals surface area contributed by atoms with Crippen molar-refractivity contribution in [1.29, 1.82) is 0 Å². The number of ether oxygens (including phenoxy) is 1. The Morgan fingerprint density at radius 3 is 2.93 bits per heavy atom. The first-order valence-electron chi connectivity index (χ1n) is 8.63.